The molecule has 1 rings (SSSR count). The first kappa shape index (κ1) is 84.1. The Kier molecular flexibility index (Phi) is 62.9. The Morgan fingerprint density at radius 2 is 0.764 bits per heavy atom. The van der Waals surface area contributed by atoms with Crippen molar-refractivity contribution in [1.29, 1.82) is 0 Å². The van der Waals surface area contributed by atoms with E-state index < -0.39 is 49.5 Å². The number of esters is 1. The fourth-order valence-electron chi connectivity index (χ4n) is 11.6. The molecule has 0 aromatic heterocycles. The fourth-order valence-corrected chi connectivity index (χ4v) is 11.6. The summed E-state index contributed by atoms with van der Waals surface area (Å²) in [6, 6.07) is -0.826. The highest BCUT2D eigenvalue weighted by Gasteiger charge is 2.44. The molecule has 1 aliphatic heterocycles. The Morgan fingerprint density at radius 1 is 0.416 bits per heavy atom. The Bertz CT molecular complexity index is 1710. The molecule has 7 atom stereocenters. The number of carbonyl (C=O) groups is 2. The van der Waals surface area contributed by atoms with E-state index in [1.807, 2.05) is 6.08 Å². The zero-order chi connectivity index (χ0) is 64.4. The van der Waals surface area contributed by atoms with Crippen LogP contribution in [-0.4, -0.2) is 100 Å². The zero-order valence-corrected chi connectivity index (χ0v) is 57.6. The summed E-state index contributed by atoms with van der Waals surface area (Å²) >= 11 is 0. The summed E-state index contributed by atoms with van der Waals surface area (Å²) in [4.78, 5) is 25.1. The fraction of sp³-hybridized carbons (Fsp3) is 0.821. The number of aliphatic hydroxyl groups excluding tert-OH is 5. The molecule has 7 unspecified atom stereocenters. The maximum Gasteiger partial charge on any atom is 0.305 e. The third kappa shape index (κ3) is 55.3. The van der Waals surface area contributed by atoms with Gasteiger partial charge in [-0.25, -0.2) is 0 Å². The molecule has 518 valence electrons. The number of amides is 1. The minimum Gasteiger partial charge on any atom is -0.466 e. The number of allylic oxidation sites excluding steroid dienone is 11. The van der Waals surface area contributed by atoms with Gasteiger partial charge in [-0.1, -0.05) is 299 Å². The topological polar surface area (TPSA) is 175 Å². The molecular formula is C78H141NO10. The van der Waals surface area contributed by atoms with Crippen LogP contribution < -0.4 is 5.32 Å². The molecule has 0 aromatic carbocycles. The predicted molar refractivity (Wildman–Crippen MR) is 375 cm³/mol. The van der Waals surface area contributed by atoms with Gasteiger partial charge in [0.2, 0.25) is 5.91 Å². The summed E-state index contributed by atoms with van der Waals surface area (Å²) in [6.07, 6.45) is 80.8. The lowest BCUT2D eigenvalue weighted by Gasteiger charge is -2.40. The molecule has 0 radical (unpaired) electrons. The first-order chi connectivity index (χ1) is 43.7. The average Bonchev–Trinajstić information content (AvgIpc) is 1.96. The summed E-state index contributed by atoms with van der Waals surface area (Å²) in [5, 5.41) is 54.3. The van der Waals surface area contributed by atoms with E-state index in [-0.39, 0.29) is 18.5 Å². The largest absolute Gasteiger partial charge is 0.466 e. The van der Waals surface area contributed by atoms with E-state index in [0.29, 0.717) is 19.4 Å². The molecule has 0 saturated carbocycles. The highest BCUT2D eigenvalue weighted by Crippen LogP contribution is 2.23. The lowest BCUT2D eigenvalue weighted by molar-refractivity contribution is -0.302. The number of unbranched alkanes of at least 4 members (excludes halogenated alkanes) is 42. The Balaban J connectivity index is 1.89. The second-order valence-corrected chi connectivity index (χ2v) is 26.0. The first-order valence-electron chi connectivity index (χ1n) is 37.7. The second kappa shape index (κ2) is 66.6. The summed E-state index contributed by atoms with van der Waals surface area (Å²) in [7, 11) is 0. The molecule has 1 fully saturated rings. The van der Waals surface area contributed by atoms with Crippen molar-refractivity contribution in [2.75, 3.05) is 19.8 Å². The molecule has 1 amide bonds. The van der Waals surface area contributed by atoms with E-state index in [1.54, 1.807) is 6.08 Å². The van der Waals surface area contributed by atoms with E-state index >= 15 is 0 Å². The van der Waals surface area contributed by atoms with Crippen LogP contribution in [0, 0.1) is 0 Å². The van der Waals surface area contributed by atoms with E-state index in [9.17, 15) is 35.1 Å². The maximum absolute atomic E-state index is 13.0. The number of rotatable bonds is 66. The van der Waals surface area contributed by atoms with Crippen molar-refractivity contribution < 1.29 is 49.3 Å². The van der Waals surface area contributed by atoms with Crippen molar-refractivity contribution in [1.82, 2.24) is 5.32 Å². The SMILES string of the molecule is CCCCC/C=C\C/C=C\CCCCCCCCCCCC(=O)OCCCCCCCCCCC/C=C\C/C=C\CCCCCCCCCCCCCCCCCCCC(=O)NC(COC1OC(CO)C(O)C(O)C1O)C(O)/C=C/CC/C=C/CCCCC. The third-order valence-electron chi connectivity index (χ3n) is 17.5. The van der Waals surface area contributed by atoms with Crippen molar-refractivity contribution >= 4 is 11.9 Å². The standard InChI is InChI=1S/C78H141NO10/c1-3-5-7-9-11-13-14-15-16-17-33-37-40-43-46-50-54-58-62-66-74(83)87-67-63-59-55-51-47-44-41-38-35-32-30-28-26-24-22-20-18-19-21-23-25-27-29-31-34-36-39-42-45-49-53-57-61-65-73(82)79-70(71(81)64-60-56-52-48-12-10-8-6-4-2)69-88-78-77(86)76(85)75(84)72(68-80)89-78/h11-13,15-16,22,24,28,30,48,60,64,70-72,75-78,80-81,84-86H,3-10,14,17-21,23,25-27,29,31-47,49-59,61-63,65-69H2,1-2H3,(H,79,82)/b13-11-,16-15-,24-22-,30-28-,48-12+,64-60+. The number of aliphatic hydroxyl groups is 5. The van der Waals surface area contributed by atoms with E-state index in [2.05, 4.69) is 79.9 Å². The van der Waals surface area contributed by atoms with Crippen molar-refractivity contribution in [3.63, 3.8) is 0 Å². The number of hydrogen-bond acceptors (Lipinski definition) is 10. The van der Waals surface area contributed by atoms with Gasteiger partial charge in [0.05, 0.1) is 32.0 Å². The van der Waals surface area contributed by atoms with Gasteiger partial charge in [0.15, 0.2) is 6.29 Å². The summed E-state index contributed by atoms with van der Waals surface area (Å²) in [5.74, 6) is -0.190. The molecule has 1 heterocycles. The number of ether oxygens (including phenoxy) is 3. The average molecular weight is 1250 g/mol. The smallest absolute Gasteiger partial charge is 0.305 e. The minimum atomic E-state index is -1.58. The molecule has 11 nitrogen and oxygen atoms in total. The van der Waals surface area contributed by atoms with E-state index in [1.165, 1.54) is 250 Å². The zero-order valence-electron chi connectivity index (χ0n) is 57.6. The van der Waals surface area contributed by atoms with Crippen LogP contribution in [0.5, 0.6) is 0 Å². The summed E-state index contributed by atoms with van der Waals surface area (Å²) in [6.45, 7) is 4.27. The van der Waals surface area contributed by atoms with Gasteiger partial charge >= 0.3 is 5.97 Å². The van der Waals surface area contributed by atoms with Gasteiger partial charge < -0.3 is 45.1 Å². The van der Waals surface area contributed by atoms with Crippen LogP contribution in [0.15, 0.2) is 72.9 Å². The molecule has 0 spiro atoms. The molecular weight excluding hydrogens is 1110 g/mol. The molecule has 6 N–H and O–H groups in total. The summed E-state index contributed by atoms with van der Waals surface area (Å²) < 4.78 is 16.7. The lowest BCUT2D eigenvalue weighted by atomic mass is 9.99. The van der Waals surface area contributed by atoms with Gasteiger partial charge in [-0.15, -0.1) is 0 Å². The van der Waals surface area contributed by atoms with Crippen LogP contribution in [0.2, 0.25) is 0 Å². The van der Waals surface area contributed by atoms with Gasteiger partial charge in [0.1, 0.15) is 24.4 Å². The van der Waals surface area contributed by atoms with Crippen molar-refractivity contribution in [2.45, 2.75) is 391 Å². The maximum atomic E-state index is 13.0. The van der Waals surface area contributed by atoms with Crippen LogP contribution in [0.1, 0.15) is 348 Å². The highest BCUT2D eigenvalue weighted by atomic mass is 16.7. The van der Waals surface area contributed by atoms with Crippen molar-refractivity contribution in [3.8, 4) is 0 Å². The quantitative estimate of drug-likeness (QED) is 0.0195. The molecule has 1 saturated heterocycles. The van der Waals surface area contributed by atoms with Crippen LogP contribution in [0.25, 0.3) is 0 Å². The van der Waals surface area contributed by atoms with Crippen molar-refractivity contribution in [2.24, 2.45) is 0 Å². The Morgan fingerprint density at radius 3 is 1.18 bits per heavy atom. The van der Waals surface area contributed by atoms with Crippen LogP contribution in [-0.2, 0) is 23.8 Å². The highest BCUT2D eigenvalue weighted by molar-refractivity contribution is 5.76. The van der Waals surface area contributed by atoms with Crippen LogP contribution >= 0.6 is 0 Å². The molecule has 89 heavy (non-hydrogen) atoms. The van der Waals surface area contributed by atoms with Gasteiger partial charge in [-0.3, -0.25) is 9.59 Å². The van der Waals surface area contributed by atoms with Gasteiger partial charge in [0.25, 0.3) is 0 Å². The van der Waals surface area contributed by atoms with Crippen molar-refractivity contribution in [3.05, 3.63) is 72.9 Å². The van der Waals surface area contributed by atoms with Gasteiger partial charge in [0, 0.05) is 12.8 Å². The number of hydrogen-bond donors (Lipinski definition) is 6. The molecule has 1 aliphatic rings. The van der Waals surface area contributed by atoms with E-state index in [4.69, 9.17) is 14.2 Å². The molecule has 11 heteroatoms. The summed E-state index contributed by atoms with van der Waals surface area (Å²) in [5.41, 5.74) is 0. The monoisotopic (exact) mass is 1250 g/mol. The molecule has 0 bridgehead atoms. The first-order valence-corrected chi connectivity index (χ1v) is 37.7. The van der Waals surface area contributed by atoms with E-state index in [0.717, 1.165) is 70.6 Å². The normalized spacial score (nSPS) is 18.1. The molecule has 0 aromatic rings. The Labute approximate surface area is 547 Å². The minimum absolute atomic E-state index is 0.00264. The lowest BCUT2D eigenvalue weighted by Crippen LogP contribution is -2.60. The van der Waals surface area contributed by atoms with Gasteiger partial charge in [-0.2, -0.15) is 0 Å². The Hall–Kier alpha value is -2.90. The second-order valence-electron chi connectivity index (χ2n) is 26.0. The third-order valence-corrected chi connectivity index (χ3v) is 17.5. The van der Waals surface area contributed by atoms with Crippen LogP contribution in [0.3, 0.4) is 0 Å². The number of nitrogens with one attached hydrogen (secondary N) is 1. The predicted octanol–water partition coefficient (Wildman–Crippen LogP) is 19.9. The van der Waals surface area contributed by atoms with Gasteiger partial charge in [-0.05, 0) is 109 Å². The molecule has 0 aliphatic carbocycles. The van der Waals surface area contributed by atoms with Crippen LogP contribution in [0.4, 0.5) is 0 Å². The number of carbonyl (C=O) groups excluding carboxylic acids is 2.